The zero-order valence-corrected chi connectivity index (χ0v) is 10.7. The second-order valence-electron chi connectivity index (χ2n) is 4.15. The molecule has 0 saturated carbocycles. The van der Waals surface area contributed by atoms with Crippen molar-refractivity contribution in [3.8, 4) is 5.82 Å². The van der Waals surface area contributed by atoms with Crippen LogP contribution in [-0.2, 0) is 19.0 Å². The van der Waals surface area contributed by atoms with E-state index in [2.05, 4.69) is 10.1 Å². The number of alkyl halides is 3. The molecular weight excluding hydrogens is 255 g/mol. The number of halogens is 3. The largest absolute Gasteiger partial charge is 0.417 e. The Morgan fingerprint density at radius 2 is 1.89 bits per heavy atom. The topological polar surface area (TPSA) is 30.7 Å². The van der Waals surface area contributed by atoms with Crippen molar-refractivity contribution in [1.82, 2.24) is 14.8 Å². The first-order chi connectivity index (χ1) is 8.95. The lowest BCUT2D eigenvalue weighted by Gasteiger charge is -2.08. The minimum absolute atomic E-state index is 0.407. The molecule has 2 heterocycles. The molecule has 0 saturated heterocycles. The van der Waals surface area contributed by atoms with Gasteiger partial charge in [-0.15, -0.1) is 0 Å². The third kappa shape index (κ3) is 2.77. The maximum atomic E-state index is 12.5. The standard InChI is InChI=1S/C13H14F3N3/c1-3-10-7-11(4-2)19(18-10)12-6-5-9(8-17-12)13(14,15)16/h5-8H,3-4H2,1-2H3. The smallest absolute Gasteiger partial charge is 0.236 e. The van der Waals surface area contributed by atoms with E-state index in [0.29, 0.717) is 5.82 Å². The van der Waals surface area contributed by atoms with E-state index in [9.17, 15) is 13.2 Å². The molecule has 0 spiro atoms. The molecular formula is C13H14F3N3. The van der Waals surface area contributed by atoms with Crippen molar-refractivity contribution in [3.63, 3.8) is 0 Å². The van der Waals surface area contributed by atoms with Crippen LogP contribution >= 0.6 is 0 Å². The van der Waals surface area contributed by atoms with Gasteiger partial charge in [-0.25, -0.2) is 9.67 Å². The number of pyridine rings is 1. The van der Waals surface area contributed by atoms with E-state index in [1.807, 2.05) is 19.9 Å². The average Bonchev–Trinajstić information content (AvgIpc) is 2.81. The summed E-state index contributed by atoms with van der Waals surface area (Å²) >= 11 is 0. The van der Waals surface area contributed by atoms with Gasteiger partial charge >= 0.3 is 6.18 Å². The number of hydrogen-bond acceptors (Lipinski definition) is 2. The summed E-state index contributed by atoms with van der Waals surface area (Å²) in [5.41, 5.74) is 1.08. The molecule has 0 aromatic carbocycles. The Balaban J connectivity index is 2.39. The van der Waals surface area contributed by atoms with Crippen molar-refractivity contribution in [2.75, 3.05) is 0 Å². The molecule has 2 rings (SSSR count). The highest BCUT2D eigenvalue weighted by molar-refractivity contribution is 5.29. The number of nitrogens with zero attached hydrogens (tertiary/aromatic N) is 3. The summed E-state index contributed by atoms with van der Waals surface area (Å²) < 4.78 is 39.0. The van der Waals surface area contributed by atoms with Gasteiger partial charge in [-0.05, 0) is 31.0 Å². The molecule has 0 aliphatic rings. The second-order valence-corrected chi connectivity index (χ2v) is 4.15. The number of rotatable bonds is 3. The van der Waals surface area contributed by atoms with Crippen molar-refractivity contribution in [2.24, 2.45) is 0 Å². The molecule has 2 aromatic heterocycles. The minimum Gasteiger partial charge on any atom is -0.236 e. The van der Waals surface area contributed by atoms with E-state index >= 15 is 0 Å². The fraction of sp³-hybridized carbons (Fsp3) is 0.385. The summed E-state index contributed by atoms with van der Waals surface area (Å²) in [5.74, 6) is 0.407. The molecule has 6 heteroatoms. The maximum absolute atomic E-state index is 12.5. The van der Waals surface area contributed by atoms with Gasteiger partial charge < -0.3 is 0 Å². The number of aryl methyl sites for hydroxylation is 2. The van der Waals surface area contributed by atoms with E-state index in [-0.39, 0.29) is 0 Å². The Bertz CT molecular complexity index is 556. The third-order valence-corrected chi connectivity index (χ3v) is 2.85. The van der Waals surface area contributed by atoms with Crippen LogP contribution in [0.5, 0.6) is 0 Å². The Morgan fingerprint density at radius 3 is 2.37 bits per heavy atom. The van der Waals surface area contributed by atoms with Crippen molar-refractivity contribution >= 4 is 0 Å². The molecule has 0 unspecified atom stereocenters. The summed E-state index contributed by atoms with van der Waals surface area (Å²) in [6.07, 6.45) is -2.00. The predicted octanol–water partition coefficient (Wildman–Crippen LogP) is 3.41. The Morgan fingerprint density at radius 1 is 1.16 bits per heavy atom. The molecule has 102 valence electrons. The molecule has 0 N–H and O–H groups in total. The van der Waals surface area contributed by atoms with Crippen LogP contribution < -0.4 is 0 Å². The highest BCUT2D eigenvalue weighted by Gasteiger charge is 2.30. The van der Waals surface area contributed by atoms with Gasteiger partial charge in [0, 0.05) is 11.9 Å². The first kappa shape index (κ1) is 13.6. The molecule has 3 nitrogen and oxygen atoms in total. The van der Waals surface area contributed by atoms with E-state index in [4.69, 9.17) is 0 Å². The van der Waals surface area contributed by atoms with Crippen LogP contribution in [0.25, 0.3) is 5.82 Å². The Kier molecular flexibility index (Phi) is 3.59. The minimum atomic E-state index is -4.36. The normalized spacial score (nSPS) is 11.8. The molecule has 0 radical (unpaired) electrons. The molecule has 19 heavy (non-hydrogen) atoms. The van der Waals surface area contributed by atoms with E-state index in [0.717, 1.165) is 36.5 Å². The molecule has 0 fully saturated rings. The van der Waals surface area contributed by atoms with Gasteiger partial charge in [-0.2, -0.15) is 18.3 Å². The summed E-state index contributed by atoms with van der Waals surface area (Å²) in [5, 5.41) is 4.33. The lowest BCUT2D eigenvalue weighted by atomic mass is 10.2. The van der Waals surface area contributed by atoms with Crippen molar-refractivity contribution in [1.29, 1.82) is 0 Å². The van der Waals surface area contributed by atoms with E-state index in [1.54, 1.807) is 4.68 Å². The first-order valence-corrected chi connectivity index (χ1v) is 6.07. The van der Waals surface area contributed by atoms with Gasteiger partial charge in [0.15, 0.2) is 5.82 Å². The van der Waals surface area contributed by atoms with Gasteiger partial charge in [0.25, 0.3) is 0 Å². The zero-order valence-electron chi connectivity index (χ0n) is 10.7. The molecule has 0 atom stereocenters. The second kappa shape index (κ2) is 5.03. The fourth-order valence-corrected chi connectivity index (χ4v) is 1.78. The lowest BCUT2D eigenvalue weighted by molar-refractivity contribution is -0.137. The lowest BCUT2D eigenvalue weighted by Crippen LogP contribution is -2.08. The fourth-order valence-electron chi connectivity index (χ4n) is 1.78. The van der Waals surface area contributed by atoms with Gasteiger partial charge in [-0.3, -0.25) is 0 Å². The van der Waals surface area contributed by atoms with Crippen LogP contribution in [0.15, 0.2) is 24.4 Å². The third-order valence-electron chi connectivity index (χ3n) is 2.85. The van der Waals surface area contributed by atoms with Crippen LogP contribution in [0.4, 0.5) is 13.2 Å². The molecule has 0 amide bonds. The molecule has 2 aromatic rings. The van der Waals surface area contributed by atoms with Crippen LogP contribution in [-0.4, -0.2) is 14.8 Å². The molecule has 0 aliphatic heterocycles. The van der Waals surface area contributed by atoms with Crippen LogP contribution in [0.1, 0.15) is 30.8 Å². The number of aromatic nitrogens is 3. The Hall–Kier alpha value is -1.85. The summed E-state index contributed by atoms with van der Waals surface area (Å²) in [7, 11) is 0. The van der Waals surface area contributed by atoms with Gasteiger partial charge in [-0.1, -0.05) is 13.8 Å². The number of hydrogen-bond donors (Lipinski definition) is 0. The van der Waals surface area contributed by atoms with Gasteiger partial charge in [0.1, 0.15) is 0 Å². The van der Waals surface area contributed by atoms with Crippen molar-refractivity contribution < 1.29 is 13.2 Å². The maximum Gasteiger partial charge on any atom is 0.417 e. The summed E-state index contributed by atoms with van der Waals surface area (Å²) in [4.78, 5) is 3.85. The SMILES string of the molecule is CCc1cc(CC)n(-c2ccc(C(F)(F)F)cn2)n1. The quantitative estimate of drug-likeness (QED) is 0.854. The average molecular weight is 269 g/mol. The van der Waals surface area contributed by atoms with Crippen LogP contribution in [0.3, 0.4) is 0 Å². The summed E-state index contributed by atoms with van der Waals surface area (Å²) in [6.45, 7) is 3.95. The summed E-state index contributed by atoms with van der Waals surface area (Å²) in [6, 6.07) is 4.31. The molecule has 0 bridgehead atoms. The Labute approximate surface area is 109 Å². The predicted molar refractivity (Wildman–Crippen MR) is 65.1 cm³/mol. The zero-order chi connectivity index (χ0) is 14.0. The molecule has 0 aliphatic carbocycles. The van der Waals surface area contributed by atoms with E-state index in [1.165, 1.54) is 6.07 Å². The monoisotopic (exact) mass is 269 g/mol. The van der Waals surface area contributed by atoms with Gasteiger partial charge in [0.05, 0.1) is 11.3 Å². The highest BCUT2D eigenvalue weighted by atomic mass is 19.4. The van der Waals surface area contributed by atoms with E-state index < -0.39 is 11.7 Å². The van der Waals surface area contributed by atoms with Gasteiger partial charge in [0.2, 0.25) is 0 Å². The first-order valence-electron chi connectivity index (χ1n) is 6.07. The van der Waals surface area contributed by atoms with Crippen molar-refractivity contribution in [2.45, 2.75) is 32.9 Å². The van der Waals surface area contributed by atoms with Crippen LogP contribution in [0, 0.1) is 0 Å². The van der Waals surface area contributed by atoms with Crippen LogP contribution in [0.2, 0.25) is 0 Å². The highest BCUT2D eigenvalue weighted by Crippen LogP contribution is 2.28. The van der Waals surface area contributed by atoms with Crippen molar-refractivity contribution in [3.05, 3.63) is 41.3 Å².